The Labute approximate surface area is 177 Å². The van der Waals surface area contributed by atoms with E-state index in [1.807, 2.05) is 44.2 Å². The maximum Gasteiger partial charge on any atom is 0.278 e. The van der Waals surface area contributed by atoms with Gasteiger partial charge >= 0.3 is 0 Å². The van der Waals surface area contributed by atoms with Gasteiger partial charge in [-0.05, 0) is 54.7 Å². The second-order valence-corrected chi connectivity index (χ2v) is 8.26. The summed E-state index contributed by atoms with van der Waals surface area (Å²) >= 11 is 0. The van der Waals surface area contributed by atoms with E-state index in [1.165, 1.54) is 0 Å². The van der Waals surface area contributed by atoms with Crippen LogP contribution in [0.25, 0.3) is 5.69 Å². The van der Waals surface area contributed by atoms with Crippen molar-refractivity contribution in [3.63, 3.8) is 0 Å². The molecular weight excluding hydrogens is 380 g/mol. The highest BCUT2D eigenvalue weighted by Crippen LogP contribution is 2.30. The third-order valence-corrected chi connectivity index (χ3v) is 4.94. The molecule has 0 aliphatic rings. The van der Waals surface area contributed by atoms with Gasteiger partial charge in [-0.1, -0.05) is 32.1 Å². The van der Waals surface area contributed by atoms with Crippen molar-refractivity contribution in [3.8, 4) is 17.2 Å². The second kappa shape index (κ2) is 8.18. The van der Waals surface area contributed by atoms with Crippen molar-refractivity contribution in [2.45, 2.75) is 40.0 Å². The third-order valence-electron chi connectivity index (χ3n) is 4.94. The van der Waals surface area contributed by atoms with Crippen molar-refractivity contribution in [1.29, 1.82) is 0 Å². The Morgan fingerprint density at radius 3 is 2.40 bits per heavy atom. The Bertz CT molecular complexity index is 1080. The van der Waals surface area contributed by atoms with Crippen LogP contribution in [0.2, 0.25) is 0 Å². The molecule has 0 unspecified atom stereocenters. The van der Waals surface area contributed by atoms with Gasteiger partial charge in [0.15, 0.2) is 5.69 Å². The topological polar surface area (TPSA) is 78.3 Å². The number of carbonyl (C=O) groups is 1. The summed E-state index contributed by atoms with van der Waals surface area (Å²) in [4.78, 5) is 13.0. The SMILES string of the molecule is COc1cc(NC(=O)c2nnn(-c3cc(C)ccc3OC)c2C)cc(C(C)(C)C)c1. The fourth-order valence-corrected chi connectivity index (χ4v) is 3.15. The van der Waals surface area contributed by atoms with E-state index in [2.05, 4.69) is 36.4 Å². The molecule has 0 saturated heterocycles. The normalized spacial score (nSPS) is 11.3. The molecule has 0 radical (unpaired) electrons. The number of anilines is 1. The van der Waals surface area contributed by atoms with E-state index in [-0.39, 0.29) is 17.0 Å². The molecule has 7 heteroatoms. The molecule has 1 heterocycles. The predicted octanol–water partition coefficient (Wildman–Crippen LogP) is 4.45. The molecule has 1 amide bonds. The molecule has 3 rings (SSSR count). The monoisotopic (exact) mass is 408 g/mol. The quantitative estimate of drug-likeness (QED) is 0.675. The molecule has 0 fully saturated rings. The van der Waals surface area contributed by atoms with Crippen molar-refractivity contribution in [3.05, 3.63) is 58.9 Å². The van der Waals surface area contributed by atoms with Gasteiger partial charge in [0.05, 0.1) is 19.9 Å². The molecule has 0 aliphatic heterocycles. The number of aromatic nitrogens is 3. The minimum Gasteiger partial charge on any atom is -0.497 e. The van der Waals surface area contributed by atoms with Gasteiger partial charge in [-0.25, -0.2) is 4.68 Å². The van der Waals surface area contributed by atoms with E-state index < -0.39 is 0 Å². The number of amides is 1. The first kappa shape index (κ1) is 21.4. The van der Waals surface area contributed by atoms with Crippen molar-refractivity contribution in [1.82, 2.24) is 15.0 Å². The number of benzene rings is 2. The van der Waals surface area contributed by atoms with E-state index in [0.29, 0.717) is 22.9 Å². The number of carbonyl (C=O) groups excluding carboxylic acids is 1. The van der Waals surface area contributed by atoms with Crippen LogP contribution in [-0.2, 0) is 5.41 Å². The number of nitrogens with zero attached hydrogens (tertiary/aromatic N) is 3. The van der Waals surface area contributed by atoms with E-state index in [1.54, 1.807) is 25.0 Å². The Hall–Kier alpha value is -3.35. The molecule has 30 heavy (non-hydrogen) atoms. The number of methoxy groups -OCH3 is 2. The zero-order chi connectivity index (χ0) is 22.1. The molecular formula is C23H28N4O3. The van der Waals surface area contributed by atoms with Crippen LogP contribution in [-0.4, -0.2) is 35.1 Å². The highest BCUT2D eigenvalue weighted by atomic mass is 16.5. The van der Waals surface area contributed by atoms with Gasteiger partial charge in [-0.2, -0.15) is 0 Å². The van der Waals surface area contributed by atoms with Crippen LogP contribution in [0.15, 0.2) is 36.4 Å². The molecule has 3 aromatic rings. The number of hydrogen-bond donors (Lipinski definition) is 1. The molecule has 1 N–H and O–H groups in total. The highest BCUT2D eigenvalue weighted by molar-refractivity contribution is 6.03. The smallest absolute Gasteiger partial charge is 0.278 e. The first-order chi connectivity index (χ1) is 14.1. The van der Waals surface area contributed by atoms with Gasteiger partial charge in [0.2, 0.25) is 0 Å². The van der Waals surface area contributed by atoms with Crippen molar-refractivity contribution < 1.29 is 14.3 Å². The maximum absolute atomic E-state index is 13.0. The van der Waals surface area contributed by atoms with Crippen molar-refractivity contribution >= 4 is 11.6 Å². The van der Waals surface area contributed by atoms with Crippen LogP contribution in [0.1, 0.15) is 48.1 Å². The molecule has 158 valence electrons. The van der Waals surface area contributed by atoms with Gasteiger partial charge in [0.1, 0.15) is 17.2 Å². The fraction of sp³-hybridized carbons (Fsp3) is 0.348. The van der Waals surface area contributed by atoms with Gasteiger partial charge in [0, 0.05) is 11.8 Å². The van der Waals surface area contributed by atoms with E-state index in [9.17, 15) is 4.79 Å². The fourth-order valence-electron chi connectivity index (χ4n) is 3.15. The lowest BCUT2D eigenvalue weighted by atomic mass is 9.86. The molecule has 2 aromatic carbocycles. The molecule has 0 atom stereocenters. The van der Waals surface area contributed by atoms with Crippen molar-refractivity contribution in [2.24, 2.45) is 0 Å². The predicted molar refractivity (Wildman–Crippen MR) is 117 cm³/mol. The Morgan fingerprint density at radius 1 is 1.03 bits per heavy atom. The van der Waals surface area contributed by atoms with Crippen LogP contribution >= 0.6 is 0 Å². The first-order valence-electron chi connectivity index (χ1n) is 9.72. The standard InChI is InChI=1S/C23H28N4O3/c1-14-8-9-20(30-7)19(10-14)27-15(2)21(25-26-27)22(28)24-17-11-16(23(3,4)5)12-18(13-17)29-6/h8-13H,1-7H3,(H,24,28). The zero-order valence-corrected chi connectivity index (χ0v) is 18.5. The third kappa shape index (κ3) is 4.30. The molecule has 0 spiro atoms. The molecule has 0 bridgehead atoms. The van der Waals surface area contributed by atoms with Crippen LogP contribution < -0.4 is 14.8 Å². The maximum atomic E-state index is 13.0. The van der Waals surface area contributed by atoms with Crippen LogP contribution in [0, 0.1) is 13.8 Å². The number of nitrogens with one attached hydrogen (secondary N) is 1. The summed E-state index contributed by atoms with van der Waals surface area (Å²) in [5.41, 5.74) is 4.27. The summed E-state index contributed by atoms with van der Waals surface area (Å²) in [5, 5.41) is 11.2. The summed E-state index contributed by atoms with van der Waals surface area (Å²) in [6.07, 6.45) is 0. The number of ether oxygens (including phenoxy) is 2. The van der Waals surface area contributed by atoms with Crippen LogP contribution in [0.5, 0.6) is 11.5 Å². The average Bonchev–Trinajstić information content (AvgIpc) is 3.08. The van der Waals surface area contributed by atoms with E-state index >= 15 is 0 Å². The minimum atomic E-state index is -0.335. The first-order valence-corrected chi connectivity index (χ1v) is 9.72. The lowest BCUT2D eigenvalue weighted by molar-refractivity contribution is 0.102. The van der Waals surface area contributed by atoms with Gasteiger partial charge < -0.3 is 14.8 Å². The van der Waals surface area contributed by atoms with Gasteiger partial charge in [0.25, 0.3) is 5.91 Å². The number of hydrogen-bond acceptors (Lipinski definition) is 5. The Balaban J connectivity index is 1.94. The lowest BCUT2D eigenvalue weighted by Gasteiger charge is -2.21. The highest BCUT2D eigenvalue weighted by Gasteiger charge is 2.21. The number of aryl methyl sites for hydroxylation is 1. The van der Waals surface area contributed by atoms with Crippen LogP contribution in [0.3, 0.4) is 0 Å². The Kier molecular flexibility index (Phi) is 5.82. The lowest BCUT2D eigenvalue weighted by Crippen LogP contribution is -2.16. The largest absolute Gasteiger partial charge is 0.497 e. The summed E-state index contributed by atoms with van der Waals surface area (Å²) in [7, 11) is 3.21. The Morgan fingerprint density at radius 2 is 1.77 bits per heavy atom. The molecule has 7 nitrogen and oxygen atoms in total. The summed E-state index contributed by atoms with van der Waals surface area (Å²) in [6.45, 7) is 10.1. The summed E-state index contributed by atoms with van der Waals surface area (Å²) in [6, 6.07) is 11.5. The molecule has 1 aromatic heterocycles. The van der Waals surface area contributed by atoms with E-state index in [4.69, 9.17) is 9.47 Å². The zero-order valence-electron chi connectivity index (χ0n) is 18.5. The average molecular weight is 409 g/mol. The van der Waals surface area contributed by atoms with Crippen molar-refractivity contribution in [2.75, 3.05) is 19.5 Å². The van der Waals surface area contributed by atoms with Gasteiger partial charge in [-0.3, -0.25) is 4.79 Å². The molecule has 0 saturated carbocycles. The molecule has 0 aliphatic carbocycles. The summed E-state index contributed by atoms with van der Waals surface area (Å²) < 4.78 is 12.5. The second-order valence-electron chi connectivity index (χ2n) is 8.26. The van der Waals surface area contributed by atoms with Crippen LogP contribution in [0.4, 0.5) is 5.69 Å². The van der Waals surface area contributed by atoms with E-state index in [0.717, 1.165) is 16.8 Å². The van der Waals surface area contributed by atoms with Gasteiger partial charge in [-0.15, -0.1) is 5.10 Å². The summed E-state index contributed by atoms with van der Waals surface area (Å²) in [5.74, 6) is 1.00. The number of rotatable bonds is 5. The minimum absolute atomic E-state index is 0.0885.